The average Bonchev–Trinajstić information content (AvgIpc) is 2.35. The highest BCUT2D eigenvalue weighted by Gasteiger charge is 2.30. The van der Waals surface area contributed by atoms with E-state index in [0.717, 1.165) is 0 Å². The Labute approximate surface area is 104 Å². The molecule has 2 unspecified atom stereocenters. The molecule has 0 aliphatic carbocycles. The Morgan fingerprint density at radius 3 is 2.78 bits per heavy atom. The van der Waals surface area contributed by atoms with Gasteiger partial charge in [0.25, 0.3) is 0 Å². The molecule has 1 aliphatic heterocycles. The molecule has 0 saturated carbocycles. The van der Waals surface area contributed by atoms with Gasteiger partial charge in [0.05, 0.1) is 0 Å². The first-order valence-electron chi connectivity index (χ1n) is 5.94. The SMILES string of the molecule is Cc1ccc(F)c(C2CCCC(C(=O)O)N2)c1F. The van der Waals surface area contributed by atoms with Crippen LogP contribution in [0.4, 0.5) is 8.78 Å². The predicted octanol–water partition coefficient (Wildman–Crippen LogP) is 2.54. The summed E-state index contributed by atoms with van der Waals surface area (Å²) in [5, 5.41) is 11.7. The van der Waals surface area contributed by atoms with Crippen LogP contribution in [0.2, 0.25) is 0 Å². The molecule has 1 heterocycles. The molecule has 0 radical (unpaired) electrons. The normalized spacial score (nSPS) is 23.9. The Hall–Kier alpha value is -1.49. The lowest BCUT2D eigenvalue weighted by Crippen LogP contribution is -2.42. The maximum absolute atomic E-state index is 13.9. The molecular weight excluding hydrogens is 240 g/mol. The van der Waals surface area contributed by atoms with E-state index in [1.165, 1.54) is 12.1 Å². The second kappa shape index (κ2) is 5.02. The van der Waals surface area contributed by atoms with Crippen LogP contribution in [0.1, 0.15) is 36.4 Å². The van der Waals surface area contributed by atoms with Crippen molar-refractivity contribution in [2.24, 2.45) is 0 Å². The van der Waals surface area contributed by atoms with Gasteiger partial charge in [-0.05, 0) is 37.8 Å². The van der Waals surface area contributed by atoms with Crippen LogP contribution in [0.3, 0.4) is 0 Å². The number of nitrogens with one attached hydrogen (secondary N) is 1. The Kier molecular flexibility index (Phi) is 3.61. The molecule has 0 aromatic heterocycles. The lowest BCUT2D eigenvalue weighted by Gasteiger charge is -2.29. The van der Waals surface area contributed by atoms with E-state index in [2.05, 4.69) is 5.32 Å². The number of aryl methyl sites for hydroxylation is 1. The summed E-state index contributed by atoms with van der Waals surface area (Å²) in [7, 11) is 0. The zero-order chi connectivity index (χ0) is 13.3. The summed E-state index contributed by atoms with van der Waals surface area (Å²) in [5.74, 6) is -2.19. The second-order valence-corrected chi connectivity index (χ2v) is 4.63. The standard InChI is InChI=1S/C13H15F2NO2/c1-7-5-6-8(14)11(12(7)15)9-3-2-4-10(16-9)13(17)18/h5-6,9-10,16H,2-4H2,1H3,(H,17,18). The topological polar surface area (TPSA) is 49.3 Å². The Morgan fingerprint density at radius 1 is 1.39 bits per heavy atom. The Balaban J connectivity index is 2.31. The second-order valence-electron chi connectivity index (χ2n) is 4.63. The van der Waals surface area contributed by atoms with Crippen molar-refractivity contribution in [1.82, 2.24) is 5.32 Å². The number of benzene rings is 1. The molecule has 18 heavy (non-hydrogen) atoms. The van der Waals surface area contributed by atoms with Gasteiger partial charge < -0.3 is 5.11 Å². The number of carboxylic acids is 1. The van der Waals surface area contributed by atoms with E-state index in [9.17, 15) is 13.6 Å². The molecule has 5 heteroatoms. The van der Waals surface area contributed by atoms with Gasteiger partial charge in [-0.2, -0.15) is 0 Å². The van der Waals surface area contributed by atoms with Gasteiger partial charge in [0.1, 0.15) is 17.7 Å². The number of hydrogen-bond acceptors (Lipinski definition) is 2. The van der Waals surface area contributed by atoms with Gasteiger partial charge in [0.2, 0.25) is 0 Å². The minimum atomic E-state index is -0.979. The average molecular weight is 255 g/mol. The van der Waals surface area contributed by atoms with Crippen molar-refractivity contribution in [2.45, 2.75) is 38.3 Å². The first-order chi connectivity index (χ1) is 8.50. The number of hydrogen-bond donors (Lipinski definition) is 2. The van der Waals surface area contributed by atoms with Gasteiger partial charge >= 0.3 is 5.97 Å². The number of aliphatic carboxylic acids is 1. The summed E-state index contributed by atoms with van der Waals surface area (Å²) in [6, 6.07) is 1.30. The lowest BCUT2D eigenvalue weighted by molar-refractivity contribution is -0.140. The molecule has 1 aromatic carbocycles. The van der Waals surface area contributed by atoms with Gasteiger partial charge in [-0.3, -0.25) is 10.1 Å². The summed E-state index contributed by atoms with van der Waals surface area (Å²) in [4.78, 5) is 10.9. The first kappa shape index (κ1) is 13.0. The van der Waals surface area contributed by atoms with Crippen molar-refractivity contribution in [3.05, 3.63) is 34.9 Å². The van der Waals surface area contributed by atoms with Crippen LogP contribution >= 0.6 is 0 Å². The van der Waals surface area contributed by atoms with Crippen LogP contribution in [0.5, 0.6) is 0 Å². The molecule has 1 fully saturated rings. The van der Waals surface area contributed by atoms with Crippen molar-refractivity contribution < 1.29 is 18.7 Å². The number of piperidine rings is 1. The van der Waals surface area contributed by atoms with Gasteiger partial charge in [-0.1, -0.05) is 6.07 Å². The minimum absolute atomic E-state index is 0.0408. The van der Waals surface area contributed by atoms with E-state index >= 15 is 0 Å². The zero-order valence-electron chi connectivity index (χ0n) is 10.0. The number of carbonyl (C=O) groups is 1. The summed E-state index contributed by atoms with van der Waals surface area (Å²) >= 11 is 0. The van der Waals surface area contributed by atoms with Crippen LogP contribution in [0.15, 0.2) is 12.1 Å². The summed E-state index contributed by atoms with van der Waals surface area (Å²) < 4.78 is 27.7. The van der Waals surface area contributed by atoms with Crippen molar-refractivity contribution in [2.75, 3.05) is 0 Å². The molecule has 0 spiro atoms. The van der Waals surface area contributed by atoms with E-state index in [-0.39, 0.29) is 5.56 Å². The van der Waals surface area contributed by atoms with E-state index < -0.39 is 29.7 Å². The van der Waals surface area contributed by atoms with Crippen LogP contribution in [-0.2, 0) is 4.79 Å². The molecule has 1 saturated heterocycles. The molecule has 2 atom stereocenters. The highest BCUT2D eigenvalue weighted by Crippen LogP contribution is 2.30. The lowest BCUT2D eigenvalue weighted by atomic mass is 9.92. The highest BCUT2D eigenvalue weighted by molar-refractivity contribution is 5.73. The van der Waals surface area contributed by atoms with E-state index in [1.807, 2.05) is 0 Å². The van der Waals surface area contributed by atoms with Crippen molar-refractivity contribution in [1.29, 1.82) is 0 Å². The van der Waals surface area contributed by atoms with Gasteiger partial charge in [0.15, 0.2) is 0 Å². The van der Waals surface area contributed by atoms with Crippen LogP contribution in [0.25, 0.3) is 0 Å². The molecule has 1 aliphatic rings. The highest BCUT2D eigenvalue weighted by atomic mass is 19.1. The van der Waals surface area contributed by atoms with Crippen LogP contribution in [-0.4, -0.2) is 17.1 Å². The maximum Gasteiger partial charge on any atom is 0.320 e. The van der Waals surface area contributed by atoms with E-state index in [4.69, 9.17) is 5.11 Å². The van der Waals surface area contributed by atoms with Crippen molar-refractivity contribution in [3.8, 4) is 0 Å². The third kappa shape index (κ3) is 2.36. The third-order valence-corrected chi connectivity index (χ3v) is 3.35. The van der Waals surface area contributed by atoms with Gasteiger partial charge in [-0.25, -0.2) is 8.78 Å². The molecule has 2 rings (SSSR count). The van der Waals surface area contributed by atoms with Crippen molar-refractivity contribution >= 4 is 5.97 Å². The molecule has 0 amide bonds. The fraction of sp³-hybridized carbons (Fsp3) is 0.462. The molecule has 2 N–H and O–H groups in total. The monoisotopic (exact) mass is 255 g/mol. The summed E-state index contributed by atoms with van der Waals surface area (Å²) in [6.07, 6.45) is 1.67. The van der Waals surface area contributed by atoms with Crippen molar-refractivity contribution in [3.63, 3.8) is 0 Å². The third-order valence-electron chi connectivity index (χ3n) is 3.35. The number of rotatable bonds is 2. The minimum Gasteiger partial charge on any atom is -0.480 e. The first-order valence-corrected chi connectivity index (χ1v) is 5.94. The fourth-order valence-corrected chi connectivity index (χ4v) is 2.36. The molecular formula is C13H15F2NO2. The number of carboxylic acid groups (broad SMARTS) is 1. The Bertz CT molecular complexity index is 476. The zero-order valence-corrected chi connectivity index (χ0v) is 10.0. The van der Waals surface area contributed by atoms with E-state index in [1.54, 1.807) is 6.92 Å². The molecule has 1 aromatic rings. The molecule has 0 bridgehead atoms. The maximum atomic E-state index is 13.9. The van der Waals surface area contributed by atoms with E-state index in [0.29, 0.717) is 24.8 Å². The van der Waals surface area contributed by atoms with Gasteiger partial charge in [0, 0.05) is 11.6 Å². The Morgan fingerprint density at radius 2 is 2.11 bits per heavy atom. The van der Waals surface area contributed by atoms with Crippen LogP contribution in [0, 0.1) is 18.6 Å². The molecule has 98 valence electrons. The predicted molar refractivity (Wildman–Crippen MR) is 62.2 cm³/mol. The van der Waals surface area contributed by atoms with Crippen LogP contribution < -0.4 is 5.32 Å². The largest absolute Gasteiger partial charge is 0.480 e. The van der Waals surface area contributed by atoms with Gasteiger partial charge in [-0.15, -0.1) is 0 Å². The summed E-state index contributed by atoms with van der Waals surface area (Å²) in [6.45, 7) is 1.57. The molecule has 3 nitrogen and oxygen atoms in total. The fourth-order valence-electron chi connectivity index (χ4n) is 2.36. The quantitative estimate of drug-likeness (QED) is 0.853. The summed E-state index contributed by atoms with van der Waals surface area (Å²) in [5.41, 5.74) is 0.326. The smallest absolute Gasteiger partial charge is 0.320 e. The number of halogens is 2.